The Hall–Kier alpha value is -3.40. The fourth-order valence-electron chi connectivity index (χ4n) is 2.97. The first kappa shape index (κ1) is 23.3. The lowest BCUT2D eigenvalue weighted by atomic mass is 10.1. The van der Waals surface area contributed by atoms with E-state index in [4.69, 9.17) is 18.9 Å². The number of rotatable bonds is 7. The molecule has 2 aromatic rings. The number of carbonyl (C=O) groups is 2. The summed E-state index contributed by atoms with van der Waals surface area (Å²) in [6, 6.07) is 9.22. The van der Waals surface area contributed by atoms with Crippen molar-refractivity contribution >= 4 is 25.7 Å². The maximum Gasteiger partial charge on any atom is 0.349 e. The normalized spacial score (nSPS) is 14.6. The van der Waals surface area contributed by atoms with E-state index in [-0.39, 0.29) is 35.0 Å². The number of hydrogen-bond acceptors (Lipinski definition) is 8. The molecule has 9 nitrogen and oxygen atoms in total. The molecule has 0 amide bonds. The maximum atomic E-state index is 12.5. The molecule has 0 saturated carbocycles. The van der Waals surface area contributed by atoms with Gasteiger partial charge < -0.3 is 18.9 Å². The predicted octanol–water partition coefficient (Wildman–Crippen LogP) is 5.17. The van der Waals surface area contributed by atoms with Gasteiger partial charge in [0.1, 0.15) is 17.1 Å². The van der Waals surface area contributed by atoms with Gasteiger partial charge in [-0.25, -0.2) is 9.59 Å². The summed E-state index contributed by atoms with van der Waals surface area (Å²) in [4.78, 5) is 35.8. The summed E-state index contributed by atoms with van der Waals surface area (Å²) >= 11 is 0. The molecule has 2 aromatic carbocycles. The highest BCUT2D eigenvalue weighted by atomic mass is 28.3. The largest absolute Gasteiger partial charge is 0.462 e. The van der Waals surface area contributed by atoms with Gasteiger partial charge in [0.2, 0.25) is 11.5 Å². The Bertz CT molecular complexity index is 1070. The number of carbonyl (C=O) groups excluding carboxylic acids is 2. The van der Waals surface area contributed by atoms with Crippen molar-refractivity contribution in [2.45, 2.75) is 45.3 Å². The number of nitro groups is 1. The number of hydrogen-bond donors (Lipinski definition) is 0. The Kier molecular flexibility index (Phi) is 6.26. The zero-order chi connectivity index (χ0) is 23.7. The molecule has 1 heterocycles. The zero-order valence-corrected chi connectivity index (χ0v) is 19.6. The molecule has 1 aliphatic heterocycles. The average molecular weight is 460 g/mol. The SMILES string of the molecule is CC1(C)OC(=O)c2c(Oc3ccc(C(=O)OCC[Si](C)(C)C)cc3[N+](=O)[O-])cccc2O1. The molecule has 1 aliphatic rings. The lowest BCUT2D eigenvalue weighted by Gasteiger charge is -2.32. The summed E-state index contributed by atoms with van der Waals surface area (Å²) < 4.78 is 21.8. The maximum absolute atomic E-state index is 12.5. The third kappa shape index (κ3) is 5.44. The van der Waals surface area contributed by atoms with E-state index in [0.717, 1.165) is 12.1 Å². The van der Waals surface area contributed by atoms with Crippen LogP contribution in [0.25, 0.3) is 0 Å². The number of fused-ring (bicyclic) bond motifs is 1. The van der Waals surface area contributed by atoms with E-state index < -0.39 is 36.4 Å². The van der Waals surface area contributed by atoms with Crippen molar-refractivity contribution in [2.24, 2.45) is 0 Å². The third-order valence-corrected chi connectivity index (χ3v) is 6.29. The van der Waals surface area contributed by atoms with Crippen LogP contribution in [0.2, 0.25) is 25.7 Å². The van der Waals surface area contributed by atoms with E-state index in [1.54, 1.807) is 26.0 Å². The van der Waals surface area contributed by atoms with Gasteiger partial charge in [-0.2, -0.15) is 0 Å². The molecule has 0 N–H and O–H groups in total. The summed E-state index contributed by atoms with van der Waals surface area (Å²) in [6.07, 6.45) is 0. The van der Waals surface area contributed by atoms with Gasteiger partial charge in [0.15, 0.2) is 0 Å². The first-order valence-electron chi connectivity index (χ1n) is 10.1. The van der Waals surface area contributed by atoms with Crippen molar-refractivity contribution in [3.63, 3.8) is 0 Å². The minimum atomic E-state index is -1.39. The first-order chi connectivity index (χ1) is 14.9. The van der Waals surface area contributed by atoms with E-state index in [2.05, 4.69) is 19.6 Å². The fourth-order valence-corrected chi connectivity index (χ4v) is 3.68. The minimum absolute atomic E-state index is 0.0240. The van der Waals surface area contributed by atoms with E-state index in [0.29, 0.717) is 0 Å². The number of cyclic esters (lactones) is 1. The fraction of sp³-hybridized carbons (Fsp3) is 0.364. The van der Waals surface area contributed by atoms with Gasteiger partial charge in [0, 0.05) is 28.0 Å². The quantitative estimate of drug-likeness (QED) is 0.241. The Balaban J connectivity index is 1.87. The van der Waals surface area contributed by atoms with Crippen LogP contribution in [0.15, 0.2) is 36.4 Å². The van der Waals surface area contributed by atoms with Crippen LogP contribution in [0, 0.1) is 10.1 Å². The summed E-state index contributed by atoms with van der Waals surface area (Å²) in [5.74, 6) is -2.32. The summed E-state index contributed by atoms with van der Waals surface area (Å²) in [5, 5.41) is 11.6. The molecule has 3 rings (SSSR count). The lowest BCUT2D eigenvalue weighted by molar-refractivity contribution is -0.385. The van der Waals surface area contributed by atoms with Crippen molar-refractivity contribution in [3.05, 3.63) is 57.6 Å². The van der Waals surface area contributed by atoms with E-state index in [9.17, 15) is 19.7 Å². The van der Waals surface area contributed by atoms with Crippen molar-refractivity contribution in [2.75, 3.05) is 6.61 Å². The van der Waals surface area contributed by atoms with Crippen LogP contribution in [0.5, 0.6) is 17.2 Å². The van der Waals surface area contributed by atoms with Crippen molar-refractivity contribution in [1.82, 2.24) is 0 Å². The van der Waals surface area contributed by atoms with Gasteiger partial charge in [-0.1, -0.05) is 25.7 Å². The molecule has 0 aliphatic carbocycles. The Morgan fingerprint density at radius 3 is 2.50 bits per heavy atom. The van der Waals surface area contributed by atoms with Crippen LogP contribution < -0.4 is 9.47 Å². The van der Waals surface area contributed by atoms with Crippen molar-refractivity contribution in [3.8, 4) is 17.2 Å². The number of benzene rings is 2. The number of nitro benzene ring substituents is 1. The van der Waals surface area contributed by atoms with E-state index >= 15 is 0 Å². The summed E-state index contributed by atoms with van der Waals surface area (Å²) in [7, 11) is -1.39. The highest BCUT2D eigenvalue weighted by molar-refractivity contribution is 6.76. The van der Waals surface area contributed by atoms with Crippen molar-refractivity contribution in [1.29, 1.82) is 0 Å². The second-order valence-corrected chi connectivity index (χ2v) is 14.6. The Morgan fingerprint density at radius 2 is 1.84 bits per heavy atom. The zero-order valence-electron chi connectivity index (χ0n) is 18.6. The lowest BCUT2D eigenvalue weighted by Crippen LogP contribution is -2.38. The molecular formula is C22H25NO8Si. The minimum Gasteiger partial charge on any atom is -0.462 e. The Morgan fingerprint density at radius 1 is 1.12 bits per heavy atom. The predicted molar refractivity (Wildman–Crippen MR) is 118 cm³/mol. The van der Waals surface area contributed by atoms with Crippen LogP contribution >= 0.6 is 0 Å². The van der Waals surface area contributed by atoms with Crippen molar-refractivity contribution < 1.29 is 33.5 Å². The molecule has 10 heteroatoms. The van der Waals surface area contributed by atoms with Gasteiger partial charge in [-0.3, -0.25) is 10.1 Å². The summed E-state index contributed by atoms with van der Waals surface area (Å²) in [5.41, 5.74) is -0.372. The second-order valence-electron chi connectivity index (χ2n) is 9.01. The smallest absolute Gasteiger partial charge is 0.349 e. The number of esters is 2. The summed E-state index contributed by atoms with van der Waals surface area (Å²) in [6.45, 7) is 9.91. The molecule has 32 heavy (non-hydrogen) atoms. The second kappa shape index (κ2) is 8.62. The van der Waals surface area contributed by atoms with Gasteiger partial charge in [-0.15, -0.1) is 0 Å². The van der Waals surface area contributed by atoms with Gasteiger partial charge in [0.05, 0.1) is 17.1 Å². The van der Waals surface area contributed by atoms with Gasteiger partial charge in [-0.05, 0) is 30.3 Å². The number of nitrogens with zero attached hydrogens (tertiary/aromatic N) is 1. The van der Waals surface area contributed by atoms with Crippen LogP contribution in [0.4, 0.5) is 5.69 Å². The third-order valence-electron chi connectivity index (χ3n) is 4.58. The highest BCUT2D eigenvalue weighted by Crippen LogP contribution is 2.40. The molecule has 0 atom stereocenters. The van der Waals surface area contributed by atoms with E-state index in [1.165, 1.54) is 18.2 Å². The van der Waals surface area contributed by atoms with Crippen LogP contribution in [0.3, 0.4) is 0 Å². The van der Waals surface area contributed by atoms with Gasteiger partial charge in [0.25, 0.3) is 0 Å². The van der Waals surface area contributed by atoms with E-state index in [1.807, 2.05) is 0 Å². The molecule has 0 unspecified atom stereocenters. The molecule has 0 aromatic heterocycles. The molecular weight excluding hydrogens is 434 g/mol. The monoisotopic (exact) mass is 459 g/mol. The highest BCUT2D eigenvalue weighted by Gasteiger charge is 2.36. The van der Waals surface area contributed by atoms with Crippen LogP contribution in [-0.4, -0.2) is 37.3 Å². The molecule has 0 fully saturated rings. The molecule has 0 saturated heterocycles. The standard InChI is InChI=1S/C22H25NO8Si/c1-22(2)30-18-8-6-7-17(19(18)21(25)31-22)29-16-10-9-14(13-15(16)23(26)27)20(24)28-11-12-32(3,4)5/h6-10,13H,11-12H2,1-5H3. The van der Waals surface area contributed by atoms with Crippen LogP contribution in [-0.2, 0) is 9.47 Å². The molecule has 0 radical (unpaired) electrons. The molecule has 0 bridgehead atoms. The first-order valence-corrected chi connectivity index (χ1v) is 13.8. The van der Waals surface area contributed by atoms with Gasteiger partial charge >= 0.3 is 17.6 Å². The topological polar surface area (TPSA) is 114 Å². The molecule has 0 spiro atoms. The van der Waals surface area contributed by atoms with Crippen LogP contribution in [0.1, 0.15) is 34.6 Å². The number of ether oxygens (including phenoxy) is 4. The molecule has 170 valence electrons. The Labute approximate surface area is 186 Å². The average Bonchev–Trinajstić information content (AvgIpc) is 2.65.